The van der Waals surface area contributed by atoms with Gasteiger partial charge in [0.25, 0.3) is 6.43 Å². The van der Waals surface area contributed by atoms with E-state index in [-0.39, 0.29) is 15.6 Å². The van der Waals surface area contributed by atoms with Gasteiger partial charge in [0.2, 0.25) is 0 Å². The standard InChI is InChI=1S/C9H5BrF2N2O2/c10-7-5(1-6(15)16)4(2-13)3-14-8(7)9(11)12/h3,9H,1H2,(H,15,16). The molecule has 0 saturated heterocycles. The van der Waals surface area contributed by atoms with Gasteiger partial charge < -0.3 is 5.11 Å². The maximum Gasteiger partial charge on any atom is 0.307 e. The summed E-state index contributed by atoms with van der Waals surface area (Å²) in [5.41, 5.74) is -0.575. The van der Waals surface area contributed by atoms with Crippen LogP contribution in [0.2, 0.25) is 0 Å². The Labute approximate surface area is 97.7 Å². The Kier molecular flexibility index (Phi) is 3.90. The first kappa shape index (κ1) is 12.5. The molecule has 1 N–H and O–H groups in total. The Hall–Kier alpha value is -1.55. The van der Waals surface area contributed by atoms with Gasteiger partial charge in [-0.25, -0.2) is 8.78 Å². The van der Waals surface area contributed by atoms with E-state index in [1.165, 1.54) is 0 Å². The lowest BCUT2D eigenvalue weighted by Crippen LogP contribution is -2.06. The van der Waals surface area contributed by atoms with E-state index in [0.29, 0.717) is 0 Å². The molecule has 1 aromatic rings. The minimum atomic E-state index is -2.82. The zero-order valence-electron chi connectivity index (χ0n) is 7.75. The van der Waals surface area contributed by atoms with Crippen molar-refractivity contribution in [2.45, 2.75) is 12.8 Å². The summed E-state index contributed by atoms with van der Waals surface area (Å²) >= 11 is 2.85. The van der Waals surface area contributed by atoms with E-state index < -0.39 is 24.5 Å². The molecule has 1 heterocycles. The number of nitriles is 1. The highest BCUT2D eigenvalue weighted by Gasteiger charge is 2.20. The van der Waals surface area contributed by atoms with Crippen molar-refractivity contribution in [1.82, 2.24) is 4.98 Å². The normalized spacial score (nSPS) is 10.2. The van der Waals surface area contributed by atoms with Crippen LogP contribution >= 0.6 is 15.9 Å². The molecule has 1 rings (SSSR count). The second-order valence-corrected chi connectivity index (χ2v) is 3.63. The predicted molar refractivity (Wildman–Crippen MR) is 52.9 cm³/mol. The number of hydrogen-bond acceptors (Lipinski definition) is 3. The number of nitrogens with zero attached hydrogens (tertiary/aromatic N) is 2. The molecule has 0 aliphatic carbocycles. The van der Waals surface area contributed by atoms with Gasteiger partial charge in [-0.15, -0.1) is 0 Å². The molecule has 0 aliphatic rings. The molecule has 4 nitrogen and oxygen atoms in total. The molecule has 84 valence electrons. The van der Waals surface area contributed by atoms with Crippen LogP contribution in [0.3, 0.4) is 0 Å². The van der Waals surface area contributed by atoms with E-state index in [4.69, 9.17) is 10.4 Å². The summed E-state index contributed by atoms with van der Waals surface area (Å²) in [5, 5.41) is 17.3. The molecule has 0 bridgehead atoms. The molecule has 0 atom stereocenters. The molecule has 1 aromatic heterocycles. The van der Waals surface area contributed by atoms with Crippen molar-refractivity contribution in [1.29, 1.82) is 5.26 Å². The van der Waals surface area contributed by atoms with Gasteiger partial charge in [0.15, 0.2) is 0 Å². The van der Waals surface area contributed by atoms with Crippen LogP contribution in [0.5, 0.6) is 0 Å². The molecule has 0 unspecified atom stereocenters. The van der Waals surface area contributed by atoms with Crippen LogP contribution < -0.4 is 0 Å². The number of carboxylic acid groups (broad SMARTS) is 1. The largest absolute Gasteiger partial charge is 0.481 e. The molecule has 0 amide bonds. The molecule has 0 aromatic carbocycles. The van der Waals surface area contributed by atoms with Crippen LogP contribution in [-0.4, -0.2) is 16.1 Å². The van der Waals surface area contributed by atoms with Crippen molar-refractivity contribution < 1.29 is 18.7 Å². The van der Waals surface area contributed by atoms with Gasteiger partial charge in [-0.2, -0.15) is 5.26 Å². The van der Waals surface area contributed by atoms with Crippen molar-refractivity contribution in [2.24, 2.45) is 0 Å². The molecule has 0 saturated carbocycles. The second kappa shape index (κ2) is 4.99. The number of pyridine rings is 1. The predicted octanol–water partition coefficient (Wildman–Crippen LogP) is 2.28. The van der Waals surface area contributed by atoms with Crippen molar-refractivity contribution in [2.75, 3.05) is 0 Å². The SMILES string of the molecule is N#Cc1cnc(C(F)F)c(Br)c1CC(=O)O. The number of carbonyl (C=O) groups is 1. The van der Waals surface area contributed by atoms with Crippen LogP contribution in [0.1, 0.15) is 23.2 Å². The zero-order valence-corrected chi connectivity index (χ0v) is 9.33. The van der Waals surface area contributed by atoms with Crippen LogP contribution in [0, 0.1) is 11.3 Å². The Morgan fingerprint density at radius 1 is 1.69 bits per heavy atom. The molecule has 7 heteroatoms. The Bertz CT molecular complexity index is 471. The molecular formula is C9H5BrF2N2O2. The maximum atomic E-state index is 12.5. The van der Waals surface area contributed by atoms with E-state index >= 15 is 0 Å². The average molecular weight is 291 g/mol. The topological polar surface area (TPSA) is 74.0 Å². The van der Waals surface area contributed by atoms with Gasteiger partial charge in [0.1, 0.15) is 11.8 Å². The highest BCUT2D eigenvalue weighted by Crippen LogP contribution is 2.30. The number of halogens is 3. The van der Waals surface area contributed by atoms with E-state index in [1.54, 1.807) is 6.07 Å². The summed E-state index contributed by atoms with van der Waals surface area (Å²) in [5.74, 6) is -1.20. The Balaban J connectivity index is 3.35. The molecule has 0 fully saturated rings. The van der Waals surface area contributed by atoms with Crippen molar-refractivity contribution in [3.8, 4) is 6.07 Å². The molecule has 0 radical (unpaired) electrons. The molecule has 16 heavy (non-hydrogen) atoms. The van der Waals surface area contributed by atoms with Gasteiger partial charge in [-0.05, 0) is 21.5 Å². The van der Waals surface area contributed by atoms with Gasteiger partial charge in [-0.1, -0.05) is 0 Å². The fourth-order valence-corrected chi connectivity index (χ4v) is 1.74. The maximum absolute atomic E-state index is 12.5. The van der Waals surface area contributed by atoms with Gasteiger partial charge in [0.05, 0.1) is 16.5 Å². The smallest absolute Gasteiger partial charge is 0.307 e. The number of aromatic nitrogens is 1. The third-order valence-corrected chi connectivity index (χ3v) is 2.69. The minimum absolute atomic E-state index is 0.0142. The molecular weight excluding hydrogens is 286 g/mol. The lowest BCUT2D eigenvalue weighted by Gasteiger charge is -2.08. The first-order valence-corrected chi connectivity index (χ1v) is 4.84. The fraction of sp³-hybridized carbons (Fsp3) is 0.222. The van der Waals surface area contributed by atoms with Crippen LogP contribution in [-0.2, 0) is 11.2 Å². The van der Waals surface area contributed by atoms with Gasteiger partial charge in [0, 0.05) is 6.20 Å². The van der Waals surface area contributed by atoms with Gasteiger partial charge >= 0.3 is 5.97 Å². The lowest BCUT2D eigenvalue weighted by atomic mass is 10.1. The third-order valence-electron chi connectivity index (χ3n) is 1.80. The Morgan fingerprint density at radius 2 is 2.31 bits per heavy atom. The average Bonchev–Trinajstić information content (AvgIpc) is 2.19. The zero-order chi connectivity index (χ0) is 12.3. The van der Waals surface area contributed by atoms with E-state index in [9.17, 15) is 13.6 Å². The molecule has 0 spiro atoms. The first-order chi connectivity index (χ1) is 7.47. The number of rotatable bonds is 3. The van der Waals surface area contributed by atoms with E-state index in [1.807, 2.05) is 0 Å². The highest BCUT2D eigenvalue weighted by atomic mass is 79.9. The monoisotopic (exact) mass is 290 g/mol. The summed E-state index contributed by atoms with van der Waals surface area (Å²) < 4.78 is 24.8. The van der Waals surface area contributed by atoms with Crippen LogP contribution in [0.4, 0.5) is 8.78 Å². The number of aliphatic carboxylic acids is 1. The van der Waals surface area contributed by atoms with Gasteiger partial charge in [-0.3, -0.25) is 9.78 Å². The van der Waals surface area contributed by atoms with E-state index in [2.05, 4.69) is 20.9 Å². The lowest BCUT2D eigenvalue weighted by molar-refractivity contribution is -0.136. The number of alkyl halides is 2. The number of hydrogen-bond donors (Lipinski definition) is 1. The Morgan fingerprint density at radius 3 is 2.75 bits per heavy atom. The summed E-state index contributed by atoms with van der Waals surface area (Å²) in [4.78, 5) is 13.9. The summed E-state index contributed by atoms with van der Waals surface area (Å²) in [6.45, 7) is 0. The number of carboxylic acids is 1. The van der Waals surface area contributed by atoms with Crippen molar-refractivity contribution in [3.05, 3.63) is 27.5 Å². The van der Waals surface area contributed by atoms with Crippen LogP contribution in [0.15, 0.2) is 10.7 Å². The first-order valence-electron chi connectivity index (χ1n) is 4.04. The highest BCUT2D eigenvalue weighted by molar-refractivity contribution is 9.10. The molecule has 0 aliphatic heterocycles. The summed E-state index contributed by atoms with van der Waals surface area (Å²) in [7, 11) is 0. The van der Waals surface area contributed by atoms with Crippen LogP contribution in [0.25, 0.3) is 0 Å². The second-order valence-electron chi connectivity index (χ2n) is 2.83. The summed E-state index contributed by atoms with van der Waals surface area (Å²) in [6, 6.07) is 1.71. The van der Waals surface area contributed by atoms with Crippen molar-refractivity contribution in [3.63, 3.8) is 0 Å². The minimum Gasteiger partial charge on any atom is -0.481 e. The summed E-state index contributed by atoms with van der Waals surface area (Å²) in [6.07, 6.45) is -2.38. The van der Waals surface area contributed by atoms with Crippen molar-refractivity contribution >= 4 is 21.9 Å². The van der Waals surface area contributed by atoms with E-state index in [0.717, 1.165) is 6.20 Å². The third kappa shape index (κ3) is 2.52. The quantitative estimate of drug-likeness (QED) is 0.927. The fourth-order valence-electron chi connectivity index (χ4n) is 1.11.